The third-order valence-electron chi connectivity index (χ3n) is 2.72. The van der Waals surface area contributed by atoms with E-state index in [9.17, 15) is 9.59 Å². The first-order valence-corrected chi connectivity index (χ1v) is 7.00. The van der Waals surface area contributed by atoms with Crippen molar-refractivity contribution in [1.82, 2.24) is 20.3 Å². The summed E-state index contributed by atoms with van der Waals surface area (Å²) < 4.78 is 6.57. The van der Waals surface area contributed by atoms with Crippen molar-refractivity contribution >= 4 is 11.9 Å². The molecule has 0 spiro atoms. The van der Waals surface area contributed by atoms with Crippen LogP contribution < -0.4 is 5.32 Å². The highest BCUT2D eigenvalue weighted by Crippen LogP contribution is 2.10. The van der Waals surface area contributed by atoms with Crippen molar-refractivity contribution < 1.29 is 14.3 Å². The van der Waals surface area contributed by atoms with E-state index in [-0.39, 0.29) is 11.6 Å². The number of nitrogens with one attached hydrogen (secondary N) is 1. The molecule has 1 heterocycles. The van der Waals surface area contributed by atoms with Gasteiger partial charge in [-0.2, -0.15) is 0 Å². The molecule has 1 aromatic rings. The Balaban J connectivity index is 2.80. The van der Waals surface area contributed by atoms with Crippen molar-refractivity contribution in [1.29, 1.82) is 0 Å². The first kappa shape index (κ1) is 16.1. The fraction of sp³-hybridized carbons (Fsp3) is 0.692. The molecule has 112 valence electrons. The van der Waals surface area contributed by atoms with Gasteiger partial charge in [0.1, 0.15) is 0 Å². The minimum atomic E-state index is -0.458. The summed E-state index contributed by atoms with van der Waals surface area (Å²) in [6.45, 7) is 6.94. The molecule has 0 aliphatic carbocycles. The van der Waals surface area contributed by atoms with Crippen LogP contribution in [0.15, 0.2) is 0 Å². The highest BCUT2D eigenvalue weighted by atomic mass is 16.5. The topological polar surface area (TPSA) is 86.1 Å². The zero-order chi connectivity index (χ0) is 15.0. The molecule has 0 radical (unpaired) electrons. The number of hydrogen-bond acceptors (Lipinski definition) is 5. The molecule has 7 nitrogen and oxygen atoms in total. The monoisotopic (exact) mass is 282 g/mol. The quantitative estimate of drug-likeness (QED) is 0.717. The van der Waals surface area contributed by atoms with Crippen molar-refractivity contribution in [2.45, 2.75) is 46.6 Å². The van der Waals surface area contributed by atoms with Gasteiger partial charge in [0.05, 0.1) is 18.8 Å². The molecule has 1 amide bonds. The SMILES string of the molecule is CCCc1c(C(=O)OCC)nnn1CCC(=O)NCC. The van der Waals surface area contributed by atoms with Gasteiger partial charge in [0, 0.05) is 13.0 Å². The minimum absolute atomic E-state index is 0.0388. The second kappa shape index (κ2) is 8.29. The van der Waals surface area contributed by atoms with Gasteiger partial charge >= 0.3 is 5.97 Å². The first-order chi connectivity index (χ1) is 9.63. The molecule has 0 fully saturated rings. The molecule has 0 unspecified atom stereocenters. The average molecular weight is 282 g/mol. The molecule has 1 N–H and O–H groups in total. The summed E-state index contributed by atoms with van der Waals surface area (Å²) in [4.78, 5) is 23.2. The van der Waals surface area contributed by atoms with E-state index in [0.717, 1.165) is 12.1 Å². The molecule has 1 aromatic heterocycles. The Morgan fingerprint density at radius 3 is 2.65 bits per heavy atom. The zero-order valence-electron chi connectivity index (χ0n) is 12.3. The second-order valence-electron chi connectivity index (χ2n) is 4.28. The fourth-order valence-electron chi connectivity index (χ4n) is 1.85. The van der Waals surface area contributed by atoms with Crippen LogP contribution in [0.4, 0.5) is 0 Å². The van der Waals surface area contributed by atoms with Crippen LogP contribution >= 0.6 is 0 Å². The average Bonchev–Trinajstić information content (AvgIpc) is 2.81. The summed E-state index contributed by atoms with van der Waals surface area (Å²) in [5.74, 6) is -0.497. The van der Waals surface area contributed by atoms with E-state index in [1.165, 1.54) is 0 Å². The predicted molar refractivity (Wildman–Crippen MR) is 73.3 cm³/mol. The molecule has 0 bridgehead atoms. The van der Waals surface area contributed by atoms with Crippen molar-refractivity contribution in [3.63, 3.8) is 0 Å². The van der Waals surface area contributed by atoms with Gasteiger partial charge in [0.15, 0.2) is 5.69 Å². The van der Waals surface area contributed by atoms with Gasteiger partial charge in [-0.3, -0.25) is 4.79 Å². The van der Waals surface area contributed by atoms with Gasteiger partial charge < -0.3 is 10.1 Å². The van der Waals surface area contributed by atoms with E-state index in [4.69, 9.17) is 4.74 Å². The largest absolute Gasteiger partial charge is 0.461 e. The third kappa shape index (κ3) is 4.32. The van der Waals surface area contributed by atoms with Gasteiger partial charge in [-0.05, 0) is 20.3 Å². The number of carbonyl (C=O) groups is 2. The van der Waals surface area contributed by atoms with E-state index in [1.807, 2.05) is 13.8 Å². The Hall–Kier alpha value is -1.92. The zero-order valence-corrected chi connectivity index (χ0v) is 12.3. The highest BCUT2D eigenvalue weighted by Gasteiger charge is 2.20. The molecule has 7 heteroatoms. The van der Waals surface area contributed by atoms with Crippen molar-refractivity contribution in [3.05, 3.63) is 11.4 Å². The van der Waals surface area contributed by atoms with Crippen LogP contribution in [0.2, 0.25) is 0 Å². The van der Waals surface area contributed by atoms with E-state index in [1.54, 1.807) is 11.6 Å². The Morgan fingerprint density at radius 2 is 2.05 bits per heavy atom. The molecule has 0 aliphatic rings. The van der Waals surface area contributed by atoms with Crippen molar-refractivity contribution in [2.24, 2.45) is 0 Å². The molecule has 0 saturated carbocycles. The smallest absolute Gasteiger partial charge is 0.360 e. The number of aryl methyl sites for hydroxylation is 1. The molecule has 1 rings (SSSR count). The Morgan fingerprint density at radius 1 is 1.30 bits per heavy atom. The number of rotatable bonds is 8. The molecule has 0 saturated heterocycles. The number of hydrogen-bond donors (Lipinski definition) is 1. The number of carbonyl (C=O) groups excluding carboxylic acids is 2. The van der Waals surface area contributed by atoms with Crippen molar-refractivity contribution in [3.8, 4) is 0 Å². The Kier molecular flexibility index (Phi) is 6.69. The van der Waals surface area contributed by atoms with Crippen molar-refractivity contribution in [2.75, 3.05) is 13.2 Å². The highest BCUT2D eigenvalue weighted by molar-refractivity contribution is 5.88. The second-order valence-corrected chi connectivity index (χ2v) is 4.28. The molecule has 0 aromatic carbocycles. The lowest BCUT2D eigenvalue weighted by atomic mass is 10.2. The molecular formula is C13H22N4O3. The lowest BCUT2D eigenvalue weighted by Gasteiger charge is -2.07. The maximum absolute atomic E-state index is 11.8. The molecule has 20 heavy (non-hydrogen) atoms. The van der Waals surface area contributed by atoms with E-state index < -0.39 is 5.97 Å². The number of aromatic nitrogens is 3. The normalized spacial score (nSPS) is 10.3. The number of nitrogens with zero attached hydrogens (tertiary/aromatic N) is 3. The number of esters is 1. The van der Waals surface area contributed by atoms with E-state index in [2.05, 4.69) is 15.6 Å². The van der Waals surface area contributed by atoms with Gasteiger partial charge in [0.25, 0.3) is 0 Å². The summed E-state index contributed by atoms with van der Waals surface area (Å²) in [5, 5.41) is 10.6. The fourth-order valence-corrected chi connectivity index (χ4v) is 1.85. The minimum Gasteiger partial charge on any atom is -0.461 e. The van der Waals surface area contributed by atoms with Crippen LogP contribution in [0.25, 0.3) is 0 Å². The van der Waals surface area contributed by atoms with Crippen LogP contribution in [0.3, 0.4) is 0 Å². The van der Waals surface area contributed by atoms with Crippen LogP contribution in [0.1, 0.15) is 49.8 Å². The lowest BCUT2D eigenvalue weighted by molar-refractivity contribution is -0.121. The van der Waals surface area contributed by atoms with Crippen LogP contribution in [0, 0.1) is 0 Å². The number of ether oxygens (including phenoxy) is 1. The van der Waals surface area contributed by atoms with Gasteiger partial charge in [-0.25, -0.2) is 9.48 Å². The van der Waals surface area contributed by atoms with Gasteiger partial charge in [-0.1, -0.05) is 18.6 Å². The third-order valence-corrected chi connectivity index (χ3v) is 2.72. The summed E-state index contributed by atoms with van der Waals surface area (Å²) in [7, 11) is 0. The van der Waals surface area contributed by atoms with E-state index in [0.29, 0.717) is 32.5 Å². The van der Waals surface area contributed by atoms with Crippen LogP contribution in [-0.4, -0.2) is 40.0 Å². The first-order valence-electron chi connectivity index (χ1n) is 7.00. The Labute approximate surface area is 118 Å². The van der Waals surface area contributed by atoms with Gasteiger partial charge in [-0.15, -0.1) is 5.10 Å². The molecular weight excluding hydrogens is 260 g/mol. The van der Waals surface area contributed by atoms with E-state index >= 15 is 0 Å². The molecule has 0 atom stereocenters. The van der Waals surface area contributed by atoms with Gasteiger partial charge in [0.2, 0.25) is 5.91 Å². The summed E-state index contributed by atoms with van der Waals surface area (Å²) >= 11 is 0. The summed E-state index contributed by atoms with van der Waals surface area (Å²) in [5.41, 5.74) is 0.986. The maximum atomic E-state index is 11.8. The number of amides is 1. The summed E-state index contributed by atoms with van der Waals surface area (Å²) in [6, 6.07) is 0. The lowest BCUT2D eigenvalue weighted by Crippen LogP contribution is -2.24. The predicted octanol–water partition coefficient (Wildman–Crippen LogP) is 0.933. The van der Waals surface area contributed by atoms with Crippen LogP contribution in [-0.2, 0) is 22.5 Å². The van der Waals surface area contributed by atoms with Crippen LogP contribution in [0.5, 0.6) is 0 Å². The Bertz CT molecular complexity index is 456. The standard InChI is InChI=1S/C13H22N4O3/c1-4-7-10-12(13(19)20-6-3)15-16-17(10)9-8-11(18)14-5-2/h4-9H2,1-3H3,(H,14,18). The molecule has 0 aliphatic heterocycles. The summed E-state index contributed by atoms with van der Waals surface area (Å²) in [6.07, 6.45) is 1.85. The maximum Gasteiger partial charge on any atom is 0.360 e.